The van der Waals surface area contributed by atoms with Gasteiger partial charge in [-0.25, -0.2) is 0 Å². The molecule has 20 heavy (non-hydrogen) atoms. The minimum absolute atomic E-state index is 0. The second kappa shape index (κ2) is 6.67. The molecule has 0 saturated carbocycles. The number of amides is 1. The number of rotatable bonds is 3. The van der Waals surface area contributed by atoms with Crippen LogP contribution in [0.3, 0.4) is 0 Å². The van der Waals surface area contributed by atoms with Gasteiger partial charge in [-0.2, -0.15) is 0 Å². The topological polar surface area (TPSA) is 75.5 Å². The lowest BCUT2D eigenvalue weighted by Crippen LogP contribution is -2.33. The summed E-state index contributed by atoms with van der Waals surface area (Å²) in [5.41, 5.74) is 0.906. The third kappa shape index (κ3) is 3.26. The van der Waals surface area contributed by atoms with E-state index in [9.17, 15) is 14.9 Å². The molecule has 1 aliphatic heterocycles. The highest BCUT2D eigenvalue weighted by Crippen LogP contribution is 2.23. The van der Waals surface area contributed by atoms with E-state index in [-0.39, 0.29) is 35.6 Å². The molecule has 0 aromatic heterocycles. The van der Waals surface area contributed by atoms with E-state index in [0.29, 0.717) is 13.1 Å². The molecule has 6 nitrogen and oxygen atoms in total. The van der Waals surface area contributed by atoms with Crippen LogP contribution in [0, 0.1) is 17.0 Å². The van der Waals surface area contributed by atoms with Gasteiger partial charge in [-0.1, -0.05) is 6.07 Å². The van der Waals surface area contributed by atoms with Gasteiger partial charge in [0.25, 0.3) is 11.6 Å². The van der Waals surface area contributed by atoms with Crippen molar-refractivity contribution in [1.82, 2.24) is 10.2 Å². The number of halogens is 1. The second-order valence-electron chi connectivity index (χ2n) is 4.80. The van der Waals surface area contributed by atoms with Crippen molar-refractivity contribution in [3.63, 3.8) is 0 Å². The van der Waals surface area contributed by atoms with Gasteiger partial charge in [-0.3, -0.25) is 14.9 Å². The van der Waals surface area contributed by atoms with Crippen LogP contribution in [0.4, 0.5) is 5.69 Å². The van der Waals surface area contributed by atoms with Crippen molar-refractivity contribution in [1.29, 1.82) is 0 Å². The van der Waals surface area contributed by atoms with Gasteiger partial charge in [0.15, 0.2) is 0 Å². The Morgan fingerprint density at radius 2 is 2.20 bits per heavy atom. The lowest BCUT2D eigenvalue weighted by atomic mass is 10.1. The van der Waals surface area contributed by atoms with Crippen LogP contribution in [0.5, 0.6) is 0 Å². The molecule has 1 heterocycles. The maximum Gasteiger partial charge on any atom is 0.282 e. The number of nitro groups is 1. The SMILES string of the molecule is CNC1CCN(C(=O)c2cc(C)ccc2[N+](=O)[O-])C1.Cl. The zero-order valence-corrected chi connectivity index (χ0v) is 12.3. The summed E-state index contributed by atoms with van der Waals surface area (Å²) in [6.07, 6.45) is 0.877. The number of nitro benzene ring substituents is 1. The van der Waals surface area contributed by atoms with E-state index in [1.165, 1.54) is 6.07 Å². The van der Waals surface area contributed by atoms with Crippen LogP contribution in [0.15, 0.2) is 18.2 Å². The summed E-state index contributed by atoms with van der Waals surface area (Å²) in [5, 5.41) is 14.1. The number of nitrogens with zero attached hydrogens (tertiary/aromatic N) is 2. The van der Waals surface area contributed by atoms with Crippen molar-refractivity contribution in [3.05, 3.63) is 39.4 Å². The number of benzene rings is 1. The molecule has 1 amide bonds. The fourth-order valence-electron chi connectivity index (χ4n) is 2.33. The first-order valence-corrected chi connectivity index (χ1v) is 6.24. The summed E-state index contributed by atoms with van der Waals surface area (Å²) in [6.45, 7) is 3.05. The molecule has 1 N–H and O–H groups in total. The highest BCUT2D eigenvalue weighted by molar-refractivity contribution is 5.98. The summed E-state index contributed by atoms with van der Waals surface area (Å²) >= 11 is 0. The summed E-state index contributed by atoms with van der Waals surface area (Å²) in [6, 6.07) is 4.91. The van der Waals surface area contributed by atoms with Crippen molar-refractivity contribution in [2.45, 2.75) is 19.4 Å². The second-order valence-corrected chi connectivity index (χ2v) is 4.80. The molecule has 1 aliphatic rings. The van der Waals surface area contributed by atoms with Crippen molar-refractivity contribution in [3.8, 4) is 0 Å². The lowest BCUT2D eigenvalue weighted by molar-refractivity contribution is -0.385. The predicted molar refractivity (Wildman–Crippen MR) is 78.4 cm³/mol. The Bertz CT molecular complexity index is 522. The van der Waals surface area contributed by atoms with E-state index in [2.05, 4.69) is 5.32 Å². The molecule has 0 spiro atoms. The van der Waals surface area contributed by atoms with E-state index in [1.807, 2.05) is 14.0 Å². The van der Waals surface area contributed by atoms with Gasteiger partial charge in [0.2, 0.25) is 0 Å². The summed E-state index contributed by atoms with van der Waals surface area (Å²) < 4.78 is 0. The molecule has 1 aromatic carbocycles. The minimum atomic E-state index is -0.502. The van der Waals surface area contributed by atoms with Crippen LogP contribution in [0.25, 0.3) is 0 Å². The fourth-order valence-corrected chi connectivity index (χ4v) is 2.33. The van der Waals surface area contributed by atoms with Gasteiger partial charge in [0, 0.05) is 25.2 Å². The largest absolute Gasteiger partial charge is 0.337 e. The number of likely N-dealkylation sites (N-methyl/N-ethyl adjacent to an activating group) is 1. The van der Waals surface area contributed by atoms with E-state index < -0.39 is 4.92 Å². The van der Waals surface area contributed by atoms with Crippen LogP contribution in [0.1, 0.15) is 22.3 Å². The first-order chi connectivity index (χ1) is 9.02. The molecule has 2 rings (SSSR count). The van der Waals surface area contributed by atoms with Gasteiger partial charge in [0.05, 0.1) is 4.92 Å². The number of nitrogens with one attached hydrogen (secondary N) is 1. The van der Waals surface area contributed by atoms with Crippen molar-refractivity contribution in [2.75, 3.05) is 20.1 Å². The standard InChI is InChI=1S/C13H17N3O3.ClH/c1-9-3-4-12(16(18)19)11(7-9)13(17)15-6-5-10(8-15)14-2;/h3-4,7,10,14H,5-6,8H2,1-2H3;1H. The quantitative estimate of drug-likeness (QED) is 0.681. The highest BCUT2D eigenvalue weighted by atomic mass is 35.5. The molecule has 110 valence electrons. The highest BCUT2D eigenvalue weighted by Gasteiger charge is 2.29. The lowest BCUT2D eigenvalue weighted by Gasteiger charge is -2.16. The Hall–Kier alpha value is -1.66. The van der Waals surface area contributed by atoms with E-state index >= 15 is 0 Å². The molecule has 7 heteroatoms. The van der Waals surface area contributed by atoms with Crippen LogP contribution in [0.2, 0.25) is 0 Å². The number of likely N-dealkylation sites (tertiary alicyclic amines) is 1. The molecule has 0 aliphatic carbocycles. The maximum atomic E-state index is 12.4. The van der Waals surface area contributed by atoms with E-state index in [0.717, 1.165) is 12.0 Å². The Morgan fingerprint density at radius 3 is 2.75 bits per heavy atom. The minimum Gasteiger partial charge on any atom is -0.337 e. The van der Waals surface area contributed by atoms with Crippen LogP contribution < -0.4 is 5.32 Å². The molecule has 1 saturated heterocycles. The van der Waals surface area contributed by atoms with Crippen molar-refractivity contribution < 1.29 is 9.72 Å². The molecule has 1 fully saturated rings. The summed E-state index contributed by atoms with van der Waals surface area (Å²) in [4.78, 5) is 24.5. The number of aryl methyl sites for hydroxylation is 1. The molecule has 1 aromatic rings. The Labute approximate surface area is 123 Å². The van der Waals surface area contributed by atoms with Crippen LogP contribution in [-0.2, 0) is 0 Å². The smallest absolute Gasteiger partial charge is 0.282 e. The molecule has 1 atom stereocenters. The van der Waals surface area contributed by atoms with E-state index in [1.54, 1.807) is 17.0 Å². The third-order valence-electron chi connectivity index (χ3n) is 3.46. The van der Waals surface area contributed by atoms with Gasteiger partial charge in [0.1, 0.15) is 5.56 Å². The first kappa shape index (κ1) is 16.4. The number of hydrogen-bond donors (Lipinski definition) is 1. The molecule has 0 bridgehead atoms. The average molecular weight is 300 g/mol. The predicted octanol–water partition coefficient (Wildman–Crippen LogP) is 1.76. The molecule has 0 radical (unpaired) electrons. The Kier molecular flexibility index (Phi) is 5.47. The van der Waals surface area contributed by atoms with Crippen LogP contribution >= 0.6 is 12.4 Å². The summed E-state index contributed by atoms with van der Waals surface area (Å²) in [7, 11) is 1.85. The fraction of sp³-hybridized carbons (Fsp3) is 0.462. The molecular formula is C13H18ClN3O3. The average Bonchev–Trinajstić information content (AvgIpc) is 2.86. The zero-order valence-electron chi connectivity index (χ0n) is 11.5. The molecule has 1 unspecified atom stereocenters. The number of carbonyl (C=O) groups is 1. The first-order valence-electron chi connectivity index (χ1n) is 6.24. The Balaban J connectivity index is 0.00000200. The van der Waals surface area contributed by atoms with Crippen molar-refractivity contribution >= 4 is 24.0 Å². The summed E-state index contributed by atoms with van der Waals surface area (Å²) in [5.74, 6) is -0.256. The number of carbonyl (C=O) groups excluding carboxylic acids is 1. The maximum absolute atomic E-state index is 12.4. The van der Waals surface area contributed by atoms with Gasteiger partial charge in [-0.15, -0.1) is 12.4 Å². The monoisotopic (exact) mass is 299 g/mol. The molecular weight excluding hydrogens is 282 g/mol. The van der Waals surface area contributed by atoms with Crippen LogP contribution in [-0.4, -0.2) is 41.9 Å². The van der Waals surface area contributed by atoms with Gasteiger partial charge in [-0.05, 0) is 32.0 Å². The van der Waals surface area contributed by atoms with E-state index in [4.69, 9.17) is 0 Å². The Morgan fingerprint density at radius 1 is 1.50 bits per heavy atom. The zero-order chi connectivity index (χ0) is 14.0. The van der Waals surface area contributed by atoms with Gasteiger partial charge >= 0.3 is 0 Å². The van der Waals surface area contributed by atoms with Gasteiger partial charge < -0.3 is 10.2 Å². The third-order valence-corrected chi connectivity index (χ3v) is 3.46. The van der Waals surface area contributed by atoms with Crippen molar-refractivity contribution in [2.24, 2.45) is 0 Å². The normalized spacial score (nSPS) is 17.7. The number of hydrogen-bond acceptors (Lipinski definition) is 4.